The summed E-state index contributed by atoms with van der Waals surface area (Å²) >= 11 is 0. The first-order valence-electron chi connectivity index (χ1n) is 7.83. The zero-order valence-electron chi connectivity index (χ0n) is 14.6. The first-order chi connectivity index (χ1) is 13.3. The Bertz CT molecular complexity index is 1120. The van der Waals surface area contributed by atoms with Gasteiger partial charge in [0, 0.05) is 5.82 Å². The van der Waals surface area contributed by atoms with E-state index in [-0.39, 0.29) is 17.1 Å². The highest BCUT2D eigenvalue weighted by molar-refractivity contribution is 7.65. The van der Waals surface area contributed by atoms with Crippen molar-refractivity contribution in [3.63, 3.8) is 0 Å². The van der Waals surface area contributed by atoms with Crippen LogP contribution in [0.1, 0.15) is 6.23 Å². The highest BCUT2D eigenvalue weighted by Crippen LogP contribution is 2.56. The van der Waals surface area contributed by atoms with Crippen molar-refractivity contribution in [2.75, 3.05) is 5.73 Å². The van der Waals surface area contributed by atoms with E-state index in [1.807, 2.05) is 0 Å². The molecule has 6 atom stereocenters. The minimum atomic E-state index is -5.50. The minimum absolute atomic E-state index is 0.0402. The van der Waals surface area contributed by atoms with E-state index < -0.39 is 45.5 Å². The van der Waals surface area contributed by atoms with Crippen molar-refractivity contribution in [1.82, 2.24) is 14.5 Å². The van der Waals surface area contributed by atoms with Crippen LogP contribution in [0.3, 0.4) is 0 Å². The lowest BCUT2D eigenvalue weighted by Gasteiger charge is -2.17. The number of aliphatic hydroxyl groups excluding tert-OH is 2. The molecule has 0 spiro atoms. The molecule has 0 aromatic carbocycles. The maximum absolute atomic E-state index is 12.1. The van der Waals surface area contributed by atoms with Gasteiger partial charge in [0.25, 0.3) is 19.3 Å². The number of phosphoric acid groups is 1. The summed E-state index contributed by atoms with van der Waals surface area (Å²) in [6, 6.07) is 0. The summed E-state index contributed by atoms with van der Waals surface area (Å²) in [4.78, 5) is 46.9. The number of nitrogens with zero attached hydrogens (tertiary/aromatic N) is 3. The van der Waals surface area contributed by atoms with E-state index in [0.717, 1.165) is 6.08 Å². The highest BCUT2D eigenvalue weighted by Gasteiger charge is 2.46. The third kappa shape index (κ3) is 4.48. The van der Waals surface area contributed by atoms with Crippen LogP contribution in [-0.2, 0) is 25.2 Å². The normalized spacial score (nSPS) is 29.3. The number of fused-ring (bicyclic) bond motifs is 1. The number of aryl methyl sites for hydroxylation is 1. The van der Waals surface area contributed by atoms with E-state index in [2.05, 4.69) is 14.3 Å². The Morgan fingerprint density at radius 1 is 1.41 bits per heavy atom. The van der Waals surface area contributed by atoms with Gasteiger partial charge in [0.2, 0.25) is 11.7 Å². The number of ether oxygens (including phenoxy) is 1. The number of imidazole rings is 1. The van der Waals surface area contributed by atoms with Crippen molar-refractivity contribution in [1.29, 1.82) is 0 Å². The van der Waals surface area contributed by atoms with Gasteiger partial charge < -0.3 is 35.4 Å². The molecule has 160 valence electrons. The standard InChI is InChI=1S/C12H17N5O10P2/c1-16-4-17(9-6(16)10(20)15-12(13)14-9)11-8(19)7(18)5(26-11)2-3-28(21,22)27-29(23,24)25/h2-5,7-8,11,18-19H,1H3,(H5-,13,14,15,20,21,22,23,24,25)/b3-2-/t5-,7+,8?,11-/m1/s1. The van der Waals surface area contributed by atoms with E-state index in [1.54, 1.807) is 0 Å². The fraction of sp³-hybridized carbons (Fsp3) is 0.417. The Balaban J connectivity index is 1.92. The van der Waals surface area contributed by atoms with Crippen molar-refractivity contribution in [2.45, 2.75) is 24.5 Å². The number of rotatable bonds is 5. The maximum atomic E-state index is 12.1. The highest BCUT2D eigenvalue weighted by atomic mass is 31.3. The Hall–Kier alpha value is -1.93. The van der Waals surface area contributed by atoms with Gasteiger partial charge in [0.05, 0.1) is 7.05 Å². The molecule has 0 radical (unpaired) electrons. The number of anilines is 1. The number of aromatic nitrogens is 4. The van der Waals surface area contributed by atoms with Crippen molar-refractivity contribution in [3.8, 4) is 0 Å². The van der Waals surface area contributed by atoms with Crippen LogP contribution in [0.2, 0.25) is 0 Å². The maximum Gasteiger partial charge on any atom is 0.357 e. The smallest absolute Gasteiger partial charge is 0.357 e. The lowest BCUT2D eigenvalue weighted by molar-refractivity contribution is -0.745. The van der Waals surface area contributed by atoms with Crippen LogP contribution in [0.25, 0.3) is 11.2 Å². The summed E-state index contributed by atoms with van der Waals surface area (Å²) in [7, 11) is -8.89. The molecule has 2 aromatic rings. The summed E-state index contributed by atoms with van der Waals surface area (Å²) < 4.78 is 34.0. The van der Waals surface area contributed by atoms with Gasteiger partial charge in [0.1, 0.15) is 18.3 Å². The Labute approximate surface area is 161 Å². The van der Waals surface area contributed by atoms with E-state index in [4.69, 9.17) is 15.4 Å². The Kier molecular flexibility index (Phi) is 5.55. The van der Waals surface area contributed by atoms with E-state index in [0.29, 0.717) is 5.82 Å². The fourth-order valence-electron chi connectivity index (χ4n) is 2.90. The Morgan fingerprint density at radius 2 is 2.07 bits per heavy atom. The second kappa shape index (κ2) is 7.40. The van der Waals surface area contributed by atoms with Crippen molar-refractivity contribution >= 4 is 32.5 Å². The summed E-state index contributed by atoms with van der Waals surface area (Å²) in [6.45, 7) is 0. The molecule has 3 rings (SSSR count). The van der Waals surface area contributed by atoms with Gasteiger partial charge in [0.15, 0.2) is 6.33 Å². The molecule has 29 heavy (non-hydrogen) atoms. The summed E-state index contributed by atoms with van der Waals surface area (Å²) in [5.41, 5.74) is 5.13. The van der Waals surface area contributed by atoms with Gasteiger partial charge in [-0.05, 0) is 6.08 Å². The van der Waals surface area contributed by atoms with Gasteiger partial charge >= 0.3 is 13.2 Å². The van der Waals surface area contributed by atoms with Crippen LogP contribution in [0.15, 0.2) is 23.0 Å². The van der Waals surface area contributed by atoms with E-state index in [9.17, 15) is 33.9 Å². The van der Waals surface area contributed by atoms with Crippen LogP contribution >= 0.6 is 15.4 Å². The van der Waals surface area contributed by atoms with Crippen molar-refractivity contribution < 1.29 is 47.6 Å². The van der Waals surface area contributed by atoms with Gasteiger partial charge in [-0.15, -0.1) is 0 Å². The molecule has 17 heteroatoms. The zero-order chi connectivity index (χ0) is 21.7. The quantitative estimate of drug-likeness (QED) is 0.195. The molecule has 7 N–H and O–H groups in total. The lowest BCUT2D eigenvalue weighted by atomic mass is 10.1. The molecule has 1 saturated heterocycles. The number of nitrogens with two attached hydrogens (primary N) is 1. The summed E-state index contributed by atoms with van der Waals surface area (Å²) in [5.74, 6) is 0.183. The van der Waals surface area contributed by atoms with Crippen LogP contribution in [0, 0.1) is 0 Å². The summed E-state index contributed by atoms with van der Waals surface area (Å²) in [5, 5.41) is 20.5. The molecule has 15 nitrogen and oxygen atoms in total. The molecule has 0 bridgehead atoms. The second-order valence-electron chi connectivity index (χ2n) is 6.19. The predicted molar refractivity (Wildman–Crippen MR) is 91.7 cm³/mol. The first kappa shape index (κ1) is 21.8. The molecule has 1 aliphatic rings. The van der Waals surface area contributed by atoms with E-state index in [1.165, 1.54) is 22.5 Å². The molecule has 0 aliphatic carbocycles. The zero-order valence-corrected chi connectivity index (χ0v) is 16.4. The molecule has 0 amide bonds. The van der Waals surface area contributed by atoms with Crippen LogP contribution in [0.5, 0.6) is 0 Å². The average Bonchev–Trinajstić information content (AvgIpc) is 3.01. The lowest BCUT2D eigenvalue weighted by Crippen LogP contribution is -2.46. The largest absolute Gasteiger partial charge is 0.756 e. The van der Waals surface area contributed by atoms with Gasteiger partial charge in [-0.2, -0.15) is 0 Å². The number of hydrogen-bond donors (Lipinski definition) is 6. The number of aromatic amines is 1. The van der Waals surface area contributed by atoms with Crippen molar-refractivity contribution in [2.24, 2.45) is 7.05 Å². The third-order valence-electron chi connectivity index (χ3n) is 4.02. The van der Waals surface area contributed by atoms with E-state index >= 15 is 0 Å². The number of hydrogen-bond acceptors (Lipinski definition) is 10. The molecule has 0 saturated carbocycles. The Morgan fingerprint density at radius 3 is 2.69 bits per heavy atom. The predicted octanol–water partition coefficient (Wildman–Crippen LogP) is -3.07. The topological polar surface area (TPSA) is 237 Å². The van der Waals surface area contributed by atoms with Crippen LogP contribution < -0.4 is 20.8 Å². The molecule has 2 aromatic heterocycles. The molecule has 3 heterocycles. The van der Waals surface area contributed by atoms with Crippen molar-refractivity contribution in [3.05, 3.63) is 28.6 Å². The van der Waals surface area contributed by atoms with Gasteiger partial charge in [-0.25, -0.2) is 8.88 Å². The third-order valence-corrected chi connectivity index (χ3v) is 6.33. The number of aliphatic hydroxyl groups is 2. The van der Waals surface area contributed by atoms with Crippen LogP contribution in [0.4, 0.5) is 5.95 Å². The molecule has 1 fully saturated rings. The first-order valence-corrected chi connectivity index (χ1v) is 11.0. The summed E-state index contributed by atoms with van der Waals surface area (Å²) in [6.07, 6.45) is -3.66. The SMILES string of the molecule is Cn1c[n+]([C@@H]2O[C@H](/C=C\P(=O)(O)OP(=O)([O-])O)[C@H](O)C2O)c2nc(N)[nH]c(=O)c21. The number of nitrogens with one attached hydrogen (secondary N) is 1. The van der Waals surface area contributed by atoms with Crippen LogP contribution in [-0.4, -0.2) is 52.8 Å². The molecule has 3 unspecified atom stereocenters. The fourth-order valence-corrected chi connectivity index (χ4v) is 4.69. The van der Waals surface area contributed by atoms with Gasteiger partial charge in [-0.3, -0.25) is 23.5 Å². The number of nitrogen functional groups attached to an aromatic ring is 1. The minimum Gasteiger partial charge on any atom is -0.756 e. The number of H-pyrrole nitrogens is 1. The van der Waals surface area contributed by atoms with Gasteiger partial charge in [-0.1, -0.05) is 4.98 Å². The monoisotopic (exact) mass is 453 g/mol. The molecular weight excluding hydrogens is 436 g/mol. The molecule has 1 aliphatic heterocycles. The second-order valence-corrected chi connectivity index (χ2v) is 9.20. The molecular formula is C12H17N5O10P2. The average molecular weight is 453 g/mol.